The third kappa shape index (κ3) is 3.25. The van der Waals surface area contributed by atoms with Crippen LogP contribution in [-0.4, -0.2) is 30.6 Å². The Bertz CT molecular complexity index is 506. The first-order chi connectivity index (χ1) is 9.61. The lowest BCUT2D eigenvalue weighted by Crippen LogP contribution is -2.39. The lowest BCUT2D eigenvalue weighted by atomic mass is 10.2. The van der Waals surface area contributed by atoms with Gasteiger partial charge in [0.25, 0.3) is 11.8 Å². The summed E-state index contributed by atoms with van der Waals surface area (Å²) in [5.74, 6) is 4.58. The molecule has 0 aliphatic carbocycles. The topological polar surface area (TPSA) is 117 Å². The molecule has 1 fully saturated rings. The Hall–Kier alpha value is -2.12. The fraction of sp³-hybridized carbons (Fsp3) is 0.385. The number of hydrazine groups is 1. The van der Waals surface area contributed by atoms with Crippen molar-refractivity contribution in [3.8, 4) is 5.75 Å². The second kappa shape index (κ2) is 6.36. The van der Waals surface area contributed by atoms with E-state index in [1.807, 2.05) is 0 Å². The van der Waals surface area contributed by atoms with Crippen molar-refractivity contribution in [1.82, 2.24) is 5.43 Å². The van der Waals surface area contributed by atoms with Crippen LogP contribution in [-0.2, 0) is 9.53 Å². The maximum absolute atomic E-state index is 11.3. The van der Waals surface area contributed by atoms with Crippen LogP contribution in [0.5, 0.6) is 5.75 Å². The van der Waals surface area contributed by atoms with Gasteiger partial charge in [0.05, 0.1) is 11.7 Å². The molecule has 1 aliphatic heterocycles. The Morgan fingerprint density at radius 2 is 2.10 bits per heavy atom. The molecule has 2 atom stereocenters. The molecule has 7 nitrogen and oxygen atoms in total. The number of hydrogen-bond acceptors (Lipinski definition) is 5. The zero-order valence-electron chi connectivity index (χ0n) is 10.9. The van der Waals surface area contributed by atoms with Crippen LogP contribution in [0.2, 0.25) is 0 Å². The lowest BCUT2D eigenvalue weighted by molar-refractivity contribution is -0.132. The molecule has 0 spiro atoms. The van der Waals surface area contributed by atoms with Gasteiger partial charge in [-0.25, -0.2) is 5.84 Å². The summed E-state index contributed by atoms with van der Waals surface area (Å²) in [5, 5.41) is 0. The smallest absolute Gasteiger partial charge is 0.263 e. The van der Waals surface area contributed by atoms with Gasteiger partial charge in [-0.1, -0.05) is 12.1 Å². The van der Waals surface area contributed by atoms with E-state index in [0.717, 1.165) is 0 Å². The van der Waals surface area contributed by atoms with Crippen LogP contribution < -0.4 is 21.7 Å². The summed E-state index contributed by atoms with van der Waals surface area (Å²) in [7, 11) is 0. The molecule has 1 saturated heterocycles. The number of carbonyl (C=O) groups excluding carboxylic acids is 2. The third-order valence-corrected chi connectivity index (χ3v) is 3.12. The van der Waals surface area contributed by atoms with Crippen molar-refractivity contribution in [2.24, 2.45) is 11.6 Å². The molecule has 20 heavy (non-hydrogen) atoms. The van der Waals surface area contributed by atoms with E-state index < -0.39 is 12.0 Å². The summed E-state index contributed by atoms with van der Waals surface area (Å²) < 4.78 is 11.1. The number of nitrogens with one attached hydrogen (secondary N) is 1. The van der Waals surface area contributed by atoms with Crippen LogP contribution in [0.1, 0.15) is 23.2 Å². The third-order valence-electron chi connectivity index (χ3n) is 3.12. The Morgan fingerprint density at radius 1 is 1.35 bits per heavy atom. The molecule has 2 unspecified atom stereocenters. The highest BCUT2D eigenvalue weighted by Gasteiger charge is 2.30. The minimum absolute atomic E-state index is 0.210. The number of amides is 2. The normalized spacial score (nSPS) is 21.4. The van der Waals surface area contributed by atoms with Crippen molar-refractivity contribution < 1.29 is 19.1 Å². The van der Waals surface area contributed by atoms with Crippen molar-refractivity contribution in [2.75, 3.05) is 6.61 Å². The summed E-state index contributed by atoms with van der Waals surface area (Å²) in [5.41, 5.74) is 7.64. The van der Waals surface area contributed by atoms with Crippen molar-refractivity contribution >= 4 is 11.8 Å². The second-order valence-electron chi connectivity index (χ2n) is 4.50. The number of primary amides is 1. The monoisotopic (exact) mass is 279 g/mol. The molecule has 1 heterocycles. The van der Waals surface area contributed by atoms with E-state index in [4.69, 9.17) is 21.1 Å². The summed E-state index contributed by atoms with van der Waals surface area (Å²) in [6.45, 7) is 0.249. The van der Waals surface area contributed by atoms with Crippen LogP contribution in [0.25, 0.3) is 0 Å². The highest BCUT2D eigenvalue weighted by molar-refractivity contribution is 5.95. The average molecular weight is 279 g/mol. The molecule has 2 amide bonds. The van der Waals surface area contributed by atoms with Gasteiger partial charge in [-0.2, -0.15) is 0 Å². The first-order valence-corrected chi connectivity index (χ1v) is 6.29. The molecule has 0 bridgehead atoms. The number of benzene rings is 1. The number of rotatable bonds is 5. The van der Waals surface area contributed by atoms with Gasteiger partial charge in [0, 0.05) is 0 Å². The summed E-state index contributed by atoms with van der Waals surface area (Å²) in [4.78, 5) is 22.6. The molecule has 0 radical (unpaired) electrons. The maximum Gasteiger partial charge on any atom is 0.263 e. The molecule has 7 heteroatoms. The molecule has 1 aromatic rings. The maximum atomic E-state index is 11.3. The SMILES string of the molecule is NNC(=O)C1CCC(COc2ccccc2C(N)=O)O1. The van der Waals surface area contributed by atoms with Crippen LogP contribution in [0.4, 0.5) is 0 Å². The van der Waals surface area contributed by atoms with E-state index >= 15 is 0 Å². The standard InChI is InChI=1S/C13H17N3O4/c14-12(17)9-3-1-2-4-10(9)19-7-8-5-6-11(20-8)13(18)16-15/h1-4,8,11H,5-7,15H2,(H2,14,17)(H,16,18). The zero-order valence-corrected chi connectivity index (χ0v) is 10.9. The van der Waals surface area contributed by atoms with Gasteiger partial charge < -0.3 is 15.2 Å². The van der Waals surface area contributed by atoms with Gasteiger partial charge in [0.15, 0.2) is 0 Å². The quantitative estimate of drug-likeness (QED) is 0.389. The Balaban J connectivity index is 1.91. The predicted octanol–water partition coefficient (Wildman–Crippen LogP) is -0.298. The van der Waals surface area contributed by atoms with Crippen LogP contribution in [0, 0.1) is 0 Å². The fourth-order valence-corrected chi connectivity index (χ4v) is 2.09. The highest BCUT2D eigenvalue weighted by Crippen LogP contribution is 2.22. The number of para-hydroxylation sites is 1. The molecule has 5 N–H and O–H groups in total. The van der Waals surface area contributed by atoms with E-state index in [-0.39, 0.29) is 18.6 Å². The first-order valence-electron chi connectivity index (χ1n) is 6.29. The molecular weight excluding hydrogens is 262 g/mol. The van der Waals surface area contributed by atoms with Crippen molar-refractivity contribution in [3.63, 3.8) is 0 Å². The Morgan fingerprint density at radius 3 is 2.80 bits per heavy atom. The predicted molar refractivity (Wildman–Crippen MR) is 70.7 cm³/mol. The van der Waals surface area contributed by atoms with E-state index in [2.05, 4.69) is 5.43 Å². The molecule has 0 aromatic heterocycles. The van der Waals surface area contributed by atoms with Crippen molar-refractivity contribution in [2.45, 2.75) is 25.0 Å². The zero-order chi connectivity index (χ0) is 14.5. The number of carbonyl (C=O) groups is 2. The first kappa shape index (κ1) is 14.3. The van der Waals surface area contributed by atoms with Gasteiger partial charge >= 0.3 is 0 Å². The van der Waals surface area contributed by atoms with E-state index in [0.29, 0.717) is 24.2 Å². The van der Waals surface area contributed by atoms with Crippen LogP contribution in [0.15, 0.2) is 24.3 Å². The lowest BCUT2D eigenvalue weighted by Gasteiger charge is -2.15. The van der Waals surface area contributed by atoms with E-state index in [9.17, 15) is 9.59 Å². The van der Waals surface area contributed by atoms with Gasteiger partial charge in [0.2, 0.25) is 0 Å². The Labute approximate surface area is 116 Å². The number of nitrogens with two attached hydrogens (primary N) is 2. The molecule has 108 valence electrons. The van der Waals surface area contributed by atoms with E-state index in [1.165, 1.54) is 0 Å². The number of hydrogen-bond donors (Lipinski definition) is 3. The largest absolute Gasteiger partial charge is 0.490 e. The van der Waals surface area contributed by atoms with Gasteiger partial charge in [-0.15, -0.1) is 0 Å². The fourth-order valence-electron chi connectivity index (χ4n) is 2.09. The van der Waals surface area contributed by atoms with E-state index in [1.54, 1.807) is 24.3 Å². The highest BCUT2D eigenvalue weighted by atomic mass is 16.5. The molecule has 2 rings (SSSR count). The summed E-state index contributed by atoms with van der Waals surface area (Å²) >= 11 is 0. The number of ether oxygens (including phenoxy) is 2. The van der Waals surface area contributed by atoms with Gasteiger partial charge in [0.1, 0.15) is 18.5 Å². The van der Waals surface area contributed by atoms with Gasteiger partial charge in [-0.05, 0) is 25.0 Å². The molecule has 1 aliphatic rings. The molecule has 0 saturated carbocycles. The van der Waals surface area contributed by atoms with Crippen molar-refractivity contribution in [1.29, 1.82) is 0 Å². The second-order valence-corrected chi connectivity index (χ2v) is 4.50. The summed E-state index contributed by atoms with van der Waals surface area (Å²) in [6, 6.07) is 6.72. The molecular formula is C13H17N3O4. The van der Waals surface area contributed by atoms with Crippen molar-refractivity contribution in [3.05, 3.63) is 29.8 Å². The van der Waals surface area contributed by atoms with Crippen LogP contribution in [0.3, 0.4) is 0 Å². The average Bonchev–Trinajstić information content (AvgIpc) is 2.93. The van der Waals surface area contributed by atoms with Crippen LogP contribution >= 0.6 is 0 Å². The minimum Gasteiger partial charge on any atom is -0.490 e. The van der Waals surface area contributed by atoms with Gasteiger partial charge in [-0.3, -0.25) is 15.0 Å². The Kier molecular flexibility index (Phi) is 4.54. The molecule has 1 aromatic carbocycles. The summed E-state index contributed by atoms with van der Waals surface area (Å²) in [6.07, 6.45) is 0.531. The minimum atomic E-state index is -0.548.